The zero-order valence-corrected chi connectivity index (χ0v) is 17.0. The lowest BCUT2D eigenvalue weighted by atomic mass is 10.1. The first-order chi connectivity index (χ1) is 14.8. The van der Waals surface area contributed by atoms with Crippen molar-refractivity contribution in [1.29, 1.82) is 0 Å². The molecule has 0 unspecified atom stereocenters. The summed E-state index contributed by atoms with van der Waals surface area (Å²) >= 11 is 0. The largest absolute Gasteiger partial charge is 0.342 e. The number of hydrogen-bond donors (Lipinski definition) is 1. The molecule has 1 N–H and O–H groups in total. The Morgan fingerprint density at radius 1 is 1.00 bits per heavy atom. The third-order valence-electron chi connectivity index (χ3n) is 5.94. The zero-order valence-electron chi connectivity index (χ0n) is 17.0. The summed E-state index contributed by atoms with van der Waals surface area (Å²) in [5.74, 6) is 1.54. The molecular weight excluding hydrogens is 380 g/mol. The van der Waals surface area contributed by atoms with Crippen LogP contribution in [0.2, 0.25) is 0 Å². The molecule has 0 bridgehead atoms. The monoisotopic (exact) mass is 406 g/mol. The van der Waals surface area contributed by atoms with E-state index in [2.05, 4.69) is 42.4 Å². The maximum Gasteiger partial charge on any atom is 0.257 e. The first-order valence-electron chi connectivity index (χ1n) is 10.6. The normalized spacial score (nSPS) is 17.1. The number of nitrogens with zero attached hydrogens (tertiary/aromatic N) is 7. The Balaban J connectivity index is 1.30. The van der Waals surface area contributed by atoms with Crippen molar-refractivity contribution in [3.63, 3.8) is 0 Å². The van der Waals surface area contributed by atoms with E-state index < -0.39 is 0 Å². The van der Waals surface area contributed by atoms with Crippen molar-refractivity contribution in [3.8, 4) is 0 Å². The summed E-state index contributed by atoms with van der Waals surface area (Å²) in [5.41, 5.74) is 2.83. The second-order valence-electron chi connectivity index (χ2n) is 8.06. The van der Waals surface area contributed by atoms with Crippen LogP contribution in [0.15, 0.2) is 35.1 Å². The maximum absolute atomic E-state index is 12.8. The van der Waals surface area contributed by atoms with Gasteiger partial charge in [0.15, 0.2) is 5.82 Å². The molecule has 0 radical (unpaired) electrons. The second-order valence-corrected chi connectivity index (χ2v) is 8.06. The Hall–Kier alpha value is -3.07. The van der Waals surface area contributed by atoms with Gasteiger partial charge in [-0.3, -0.25) is 14.7 Å². The lowest BCUT2D eigenvalue weighted by Gasteiger charge is -2.30. The van der Waals surface area contributed by atoms with Crippen LogP contribution >= 0.6 is 0 Å². The van der Waals surface area contributed by atoms with Crippen LogP contribution in [0, 0.1) is 0 Å². The van der Waals surface area contributed by atoms with Crippen LogP contribution in [-0.2, 0) is 26.1 Å². The van der Waals surface area contributed by atoms with Crippen molar-refractivity contribution < 1.29 is 0 Å². The fourth-order valence-electron chi connectivity index (χ4n) is 4.27. The van der Waals surface area contributed by atoms with Gasteiger partial charge in [0.25, 0.3) is 5.56 Å². The summed E-state index contributed by atoms with van der Waals surface area (Å²) in [6.07, 6.45) is 4.34. The Kier molecular flexibility index (Phi) is 5.27. The van der Waals surface area contributed by atoms with E-state index in [1.165, 1.54) is 6.42 Å². The predicted molar refractivity (Wildman–Crippen MR) is 112 cm³/mol. The second kappa shape index (κ2) is 8.35. The minimum atomic E-state index is -0.0193. The van der Waals surface area contributed by atoms with E-state index in [-0.39, 0.29) is 5.56 Å². The van der Waals surface area contributed by atoms with Gasteiger partial charge in [-0.2, -0.15) is 0 Å². The molecule has 2 aliphatic rings. The zero-order chi connectivity index (χ0) is 20.3. The van der Waals surface area contributed by atoms with E-state index in [0.29, 0.717) is 19.6 Å². The number of aromatic amines is 1. The van der Waals surface area contributed by atoms with Gasteiger partial charge in [0.2, 0.25) is 5.95 Å². The summed E-state index contributed by atoms with van der Waals surface area (Å²) in [7, 11) is 0. The Morgan fingerprint density at radius 3 is 2.67 bits per heavy atom. The lowest BCUT2D eigenvalue weighted by Crippen LogP contribution is -2.38. The van der Waals surface area contributed by atoms with Gasteiger partial charge in [-0.25, -0.2) is 9.67 Å². The molecule has 30 heavy (non-hydrogen) atoms. The average molecular weight is 406 g/mol. The molecule has 1 saturated heterocycles. The van der Waals surface area contributed by atoms with Crippen LogP contribution in [0.25, 0.3) is 0 Å². The minimum absolute atomic E-state index is 0.0193. The number of rotatable bonds is 5. The topological polar surface area (TPSA) is 95.8 Å². The smallest absolute Gasteiger partial charge is 0.257 e. The molecule has 2 aliphatic heterocycles. The van der Waals surface area contributed by atoms with Gasteiger partial charge in [-0.05, 0) is 35.3 Å². The van der Waals surface area contributed by atoms with Crippen LogP contribution < -0.4 is 10.5 Å². The summed E-state index contributed by atoms with van der Waals surface area (Å²) in [4.78, 5) is 25.0. The van der Waals surface area contributed by atoms with Gasteiger partial charge < -0.3 is 4.90 Å². The van der Waals surface area contributed by atoms with Gasteiger partial charge in [0.1, 0.15) is 0 Å². The van der Waals surface area contributed by atoms with Crippen molar-refractivity contribution >= 4 is 5.95 Å². The van der Waals surface area contributed by atoms with Crippen LogP contribution in [0.1, 0.15) is 41.9 Å². The highest BCUT2D eigenvalue weighted by molar-refractivity contribution is 5.34. The average Bonchev–Trinajstić information content (AvgIpc) is 3.22. The molecule has 0 atom stereocenters. The number of nitrogens with one attached hydrogen (secondary N) is 1. The molecule has 1 fully saturated rings. The number of aromatic nitrogens is 6. The summed E-state index contributed by atoms with van der Waals surface area (Å²) in [6, 6.07) is 10.1. The fraction of sp³-hybridized carbons (Fsp3) is 0.476. The maximum atomic E-state index is 12.8. The van der Waals surface area contributed by atoms with Gasteiger partial charge >= 0.3 is 0 Å². The first-order valence-corrected chi connectivity index (χ1v) is 10.6. The van der Waals surface area contributed by atoms with Gasteiger partial charge in [0.05, 0.1) is 24.3 Å². The molecule has 9 nitrogen and oxygen atoms in total. The minimum Gasteiger partial charge on any atom is -0.342 e. The van der Waals surface area contributed by atoms with E-state index >= 15 is 0 Å². The van der Waals surface area contributed by atoms with E-state index in [1.54, 1.807) is 0 Å². The number of H-pyrrole nitrogens is 1. The van der Waals surface area contributed by atoms with Gasteiger partial charge in [-0.15, -0.1) is 5.10 Å². The molecule has 5 rings (SSSR count). The van der Waals surface area contributed by atoms with Crippen LogP contribution in [-0.4, -0.2) is 54.7 Å². The van der Waals surface area contributed by atoms with Crippen molar-refractivity contribution in [2.45, 2.75) is 45.3 Å². The molecule has 2 aromatic heterocycles. The Labute approximate surface area is 174 Å². The molecular formula is C21H26N8O. The van der Waals surface area contributed by atoms with Crippen LogP contribution in [0.3, 0.4) is 0 Å². The summed E-state index contributed by atoms with van der Waals surface area (Å²) in [6.45, 7) is 4.58. The lowest BCUT2D eigenvalue weighted by molar-refractivity contribution is 0.231. The standard InChI is InChI=1S/C21H26N8O/c30-20-17-14-27(12-9-18(17)22-21(23-20)28-10-5-2-6-11-28)15-19-24-25-26-29(19)13-16-7-3-1-4-8-16/h1,3-4,7-8H,2,5-6,9-15H2,(H,22,23,30). The fourth-order valence-corrected chi connectivity index (χ4v) is 4.27. The summed E-state index contributed by atoms with van der Waals surface area (Å²) in [5, 5.41) is 12.2. The number of tetrazole rings is 1. The van der Waals surface area contributed by atoms with Crippen molar-refractivity contribution in [2.75, 3.05) is 24.5 Å². The van der Waals surface area contributed by atoms with Gasteiger partial charge in [0, 0.05) is 32.6 Å². The SMILES string of the molecule is O=c1[nH]c(N2CCCCC2)nc2c1CN(Cc1nnnn1Cc1ccccc1)CC2. The highest BCUT2D eigenvalue weighted by atomic mass is 16.1. The Morgan fingerprint density at radius 2 is 1.83 bits per heavy atom. The molecule has 0 spiro atoms. The number of benzene rings is 1. The Bertz CT molecular complexity index is 1050. The highest BCUT2D eigenvalue weighted by Gasteiger charge is 2.24. The van der Waals surface area contributed by atoms with Crippen molar-refractivity contribution in [2.24, 2.45) is 0 Å². The summed E-state index contributed by atoms with van der Waals surface area (Å²) < 4.78 is 1.83. The molecule has 3 aromatic rings. The molecule has 9 heteroatoms. The quantitative estimate of drug-likeness (QED) is 0.683. The van der Waals surface area contributed by atoms with E-state index in [4.69, 9.17) is 4.98 Å². The van der Waals surface area contributed by atoms with Crippen molar-refractivity contribution in [1.82, 2.24) is 35.1 Å². The van der Waals surface area contributed by atoms with E-state index in [0.717, 1.165) is 67.5 Å². The molecule has 156 valence electrons. The molecule has 1 aromatic carbocycles. The molecule has 0 amide bonds. The third-order valence-corrected chi connectivity index (χ3v) is 5.94. The van der Waals surface area contributed by atoms with E-state index in [1.807, 2.05) is 22.9 Å². The number of piperidine rings is 1. The molecule has 0 aliphatic carbocycles. The molecule has 4 heterocycles. The van der Waals surface area contributed by atoms with Crippen molar-refractivity contribution in [3.05, 3.63) is 63.3 Å². The van der Waals surface area contributed by atoms with E-state index in [9.17, 15) is 4.79 Å². The van der Waals surface area contributed by atoms with Crippen LogP contribution in [0.4, 0.5) is 5.95 Å². The van der Waals surface area contributed by atoms with Gasteiger partial charge in [-0.1, -0.05) is 30.3 Å². The number of hydrogen-bond acceptors (Lipinski definition) is 7. The molecule has 0 saturated carbocycles. The first kappa shape index (κ1) is 18.9. The number of fused-ring (bicyclic) bond motifs is 1. The third kappa shape index (κ3) is 3.97. The number of anilines is 1. The van der Waals surface area contributed by atoms with Crippen LogP contribution in [0.5, 0.6) is 0 Å². The highest BCUT2D eigenvalue weighted by Crippen LogP contribution is 2.20. The predicted octanol–water partition coefficient (Wildman–Crippen LogP) is 1.35.